The number of carbonyl (C=O) groups excluding carboxylic acids is 1. The lowest BCUT2D eigenvalue weighted by molar-refractivity contribution is 0.0591. The van der Waals surface area contributed by atoms with E-state index in [1.54, 1.807) is 18.2 Å². The van der Waals surface area contributed by atoms with E-state index in [1.165, 1.54) is 22.8 Å². The van der Waals surface area contributed by atoms with Gasteiger partial charge in [0.05, 0.1) is 17.5 Å². The predicted molar refractivity (Wildman–Crippen MR) is 81.5 cm³/mol. The Morgan fingerprint density at radius 1 is 1.27 bits per heavy atom. The van der Waals surface area contributed by atoms with Crippen molar-refractivity contribution in [3.8, 4) is 10.7 Å². The van der Waals surface area contributed by atoms with Gasteiger partial charge in [0.2, 0.25) is 0 Å². The molecule has 3 aromatic rings. The van der Waals surface area contributed by atoms with Gasteiger partial charge in [-0.2, -0.15) is 0 Å². The molecule has 22 heavy (non-hydrogen) atoms. The van der Waals surface area contributed by atoms with E-state index < -0.39 is 11.9 Å². The third kappa shape index (κ3) is 2.15. The number of thiophene rings is 1. The number of carboxylic acid groups (broad SMARTS) is 1. The maximum Gasteiger partial charge on any atom is 0.356 e. The van der Waals surface area contributed by atoms with Gasteiger partial charge in [-0.15, -0.1) is 11.3 Å². The van der Waals surface area contributed by atoms with E-state index >= 15 is 0 Å². The number of rotatable bonds is 3. The number of methoxy groups -OCH3 is 1. The van der Waals surface area contributed by atoms with Crippen molar-refractivity contribution in [2.45, 2.75) is 6.92 Å². The highest BCUT2D eigenvalue weighted by Gasteiger charge is 2.22. The highest BCUT2D eigenvalue weighted by Crippen LogP contribution is 2.30. The quantitative estimate of drug-likeness (QED) is 0.751. The fourth-order valence-electron chi connectivity index (χ4n) is 2.28. The van der Waals surface area contributed by atoms with Gasteiger partial charge in [-0.3, -0.25) is 4.40 Å². The van der Waals surface area contributed by atoms with Gasteiger partial charge in [0.25, 0.3) is 0 Å². The highest BCUT2D eigenvalue weighted by molar-refractivity contribution is 7.15. The molecule has 0 aliphatic rings. The first kappa shape index (κ1) is 14.3. The van der Waals surface area contributed by atoms with Crippen molar-refractivity contribution in [3.63, 3.8) is 0 Å². The Morgan fingerprint density at radius 3 is 2.64 bits per heavy atom. The molecule has 1 N–H and O–H groups in total. The van der Waals surface area contributed by atoms with Crippen molar-refractivity contribution >= 4 is 28.8 Å². The zero-order valence-corrected chi connectivity index (χ0v) is 12.7. The second-order valence-electron chi connectivity index (χ2n) is 4.62. The van der Waals surface area contributed by atoms with Gasteiger partial charge < -0.3 is 9.84 Å². The minimum Gasteiger partial charge on any atom is -0.476 e. The van der Waals surface area contributed by atoms with Crippen LogP contribution in [0.2, 0.25) is 0 Å². The number of aryl methyl sites for hydroxylation is 1. The van der Waals surface area contributed by atoms with Crippen LogP contribution in [-0.4, -0.2) is 33.5 Å². The summed E-state index contributed by atoms with van der Waals surface area (Å²) in [6.07, 6.45) is 0. The number of aromatic nitrogens is 2. The van der Waals surface area contributed by atoms with Crippen LogP contribution in [0.4, 0.5) is 0 Å². The lowest BCUT2D eigenvalue weighted by Gasteiger charge is -2.06. The molecule has 112 valence electrons. The van der Waals surface area contributed by atoms with Crippen LogP contribution < -0.4 is 0 Å². The van der Waals surface area contributed by atoms with Crippen molar-refractivity contribution in [2.24, 2.45) is 0 Å². The maximum absolute atomic E-state index is 12.0. The van der Waals surface area contributed by atoms with Gasteiger partial charge in [-0.25, -0.2) is 14.6 Å². The molecule has 0 unspecified atom stereocenters. The number of aromatic carboxylic acids is 1. The molecule has 0 fully saturated rings. The minimum atomic E-state index is -1.14. The number of esters is 1. The Hall–Kier alpha value is -2.67. The van der Waals surface area contributed by atoms with Crippen LogP contribution in [0.1, 0.15) is 25.9 Å². The molecule has 3 aromatic heterocycles. The first-order valence-corrected chi connectivity index (χ1v) is 7.24. The summed E-state index contributed by atoms with van der Waals surface area (Å²) in [5, 5.41) is 9.35. The number of fused-ring (bicyclic) bond motifs is 1. The molecule has 3 rings (SSSR count). The fraction of sp³-hybridized carbons (Fsp3) is 0.133. The second-order valence-corrected chi connectivity index (χ2v) is 5.91. The summed E-state index contributed by atoms with van der Waals surface area (Å²) < 4.78 is 6.31. The summed E-state index contributed by atoms with van der Waals surface area (Å²) in [5.41, 5.74) is 0.504. The van der Waals surface area contributed by atoms with Gasteiger partial charge in [0.15, 0.2) is 11.5 Å². The fourth-order valence-corrected chi connectivity index (χ4v) is 3.12. The molecule has 0 aliphatic heterocycles. The van der Waals surface area contributed by atoms with E-state index in [1.807, 2.05) is 19.1 Å². The molecule has 0 saturated carbocycles. The van der Waals surface area contributed by atoms with Crippen LogP contribution in [0.5, 0.6) is 0 Å². The van der Waals surface area contributed by atoms with Crippen LogP contribution >= 0.6 is 11.3 Å². The zero-order valence-electron chi connectivity index (χ0n) is 11.9. The Kier molecular flexibility index (Phi) is 3.42. The SMILES string of the molecule is COC(=O)c1cccc2c(C(=O)O)nc(-c3ccc(C)s3)n12. The largest absolute Gasteiger partial charge is 0.476 e. The third-order valence-corrected chi connectivity index (χ3v) is 4.22. The van der Waals surface area contributed by atoms with Gasteiger partial charge >= 0.3 is 11.9 Å². The summed E-state index contributed by atoms with van der Waals surface area (Å²) in [6.45, 7) is 1.95. The van der Waals surface area contributed by atoms with Gasteiger partial charge in [0, 0.05) is 4.88 Å². The Morgan fingerprint density at radius 2 is 2.05 bits per heavy atom. The average Bonchev–Trinajstić information content (AvgIpc) is 3.09. The summed E-state index contributed by atoms with van der Waals surface area (Å²) in [4.78, 5) is 29.5. The van der Waals surface area contributed by atoms with Crippen LogP contribution in [-0.2, 0) is 4.74 Å². The molecule has 0 spiro atoms. The number of carbonyl (C=O) groups is 2. The number of nitrogens with zero attached hydrogens (tertiary/aromatic N) is 2. The number of hydrogen-bond acceptors (Lipinski definition) is 5. The van der Waals surface area contributed by atoms with Crippen LogP contribution in [0.3, 0.4) is 0 Å². The zero-order chi connectivity index (χ0) is 15.9. The first-order valence-electron chi connectivity index (χ1n) is 6.43. The van der Waals surface area contributed by atoms with E-state index in [2.05, 4.69) is 4.98 Å². The molecule has 0 radical (unpaired) electrons. The smallest absolute Gasteiger partial charge is 0.356 e. The normalized spacial score (nSPS) is 10.8. The van der Waals surface area contributed by atoms with Crippen LogP contribution in [0.25, 0.3) is 16.2 Å². The molecule has 0 aliphatic carbocycles. The molecule has 6 nitrogen and oxygen atoms in total. The van der Waals surface area contributed by atoms with E-state index in [4.69, 9.17) is 4.74 Å². The molecular weight excluding hydrogens is 304 g/mol. The summed E-state index contributed by atoms with van der Waals surface area (Å²) in [5.74, 6) is -1.26. The number of carboxylic acids is 1. The summed E-state index contributed by atoms with van der Waals surface area (Å²) in [7, 11) is 1.28. The summed E-state index contributed by atoms with van der Waals surface area (Å²) in [6, 6.07) is 8.58. The van der Waals surface area contributed by atoms with Gasteiger partial charge in [-0.05, 0) is 31.2 Å². The molecule has 0 atom stereocenters. The number of hydrogen-bond donors (Lipinski definition) is 1. The Labute approximate surface area is 129 Å². The topological polar surface area (TPSA) is 80.9 Å². The van der Waals surface area contributed by atoms with Crippen molar-refractivity contribution < 1.29 is 19.4 Å². The van der Waals surface area contributed by atoms with E-state index in [-0.39, 0.29) is 11.4 Å². The van der Waals surface area contributed by atoms with E-state index in [0.717, 1.165) is 9.75 Å². The molecule has 0 bridgehead atoms. The minimum absolute atomic E-state index is 0.0909. The third-order valence-electron chi connectivity index (χ3n) is 3.22. The monoisotopic (exact) mass is 316 g/mol. The summed E-state index contributed by atoms with van der Waals surface area (Å²) >= 11 is 1.48. The van der Waals surface area contributed by atoms with Crippen LogP contribution in [0.15, 0.2) is 30.3 Å². The van der Waals surface area contributed by atoms with Gasteiger partial charge in [-0.1, -0.05) is 6.07 Å². The van der Waals surface area contributed by atoms with Crippen LogP contribution in [0, 0.1) is 6.92 Å². The standard InChI is InChI=1S/C15H12N2O4S/c1-8-6-7-11(22-8)13-16-12(14(18)19)9-4-3-5-10(17(9)13)15(20)21-2/h3-7H,1-2H3,(H,18,19). The molecule has 7 heteroatoms. The van der Waals surface area contributed by atoms with E-state index in [9.17, 15) is 14.7 Å². The highest BCUT2D eigenvalue weighted by atomic mass is 32.1. The lowest BCUT2D eigenvalue weighted by atomic mass is 10.3. The second kappa shape index (κ2) is 5.27. The van der Waals surface area contributed by atoms with Crippen molar-refractivity contribution in [3.05, 3.63) is 46.6 Å². The number of imidazole rings is 1. The van der Waals surface area contributed by atoms with Crippen molar-refractivity contribution in [2.75, 3.05) is 7.11 Å². The predicted octanol–water partition coefficient (Wildman–Crippen LogP) is 2.86. The van der Waals surface area contributed by atoms with Gasteiger partial charge in [0.1, 0.15) is 5.69 Å². The number of ether oxygens (including phenoxy) is 1. The first-order chi connectivity index (χ1) is 10.5. The molecule has 0 amide bonds. The molecule has 0 saturated heterocycles. The molecular formula is C15H12N2O4S. The Bertz CT molecular complexity index is 894. The molecule has 0 aromatic carbocycles. The molecule has 3 heterocycles. The number of pyridine rings is 1. The Balaban J connectivity index is 2.40. The van der Waals surface area contributed by atoms with Crippen molar-refractivity contribution in [1.82, 2.24) is 9.38 Å². The lowest BCUT2D eigenvalue weighted by Crippen LogP contribution is -2.08. The maximum atomic E-state index is 12.0. The average molecular weight is 316 g/mol. The van der Waals surface area contributed by atoms with E-state index in [0.29, 0.717) is 11.3 Å². The van der Waals surface area contributed by atoms with Crippen molar-refractivity contribution in [1.29, 1.82) is 0 Å².